The molecule has 0 aliphatic heterocycles. The predicted octanol–water partition coefficient (Wildman–Crippen LogP) is 3.16. The zero-order valence-corrected chi connectivity index (χ0v) is 15.2. The third-order valence-electron chi connectivity index (χ3n) is 3.45. The van der Waals surface area contributed by atoms with Gasteiger partial charge in [-0.1, -0.05) is 29.8 Å². The zero-order valence-electron chi connectivity index (χ0n) is 14.4. The molecule has 0 unspecified atom stereocenters. The van der Waals surface area contributed by atoms with Crippen LogP contribution in [0.2, 0.25) is 5.02 Å². The van der Waals surface area contributed by atoms with E-state index in [1.807, 2.05) is 0 Å². The van der Waals surface area contributed by atoms with Crippen LogP contribution in [0, 0.1) is 0 Å². The van der Waals surface area contributed by atoms with Crippen LogP contribution in [0.15, 0.2) is 48.5 Å². The monoisotopic (exact) mass is 374 g/mol. The molecule has 0 heterocycles. The molecular formula is C19H19ClN2O4. The first kappa shape index (κ1) is 19.5. The SMILES string of the molecule is CC(=O)Nc1cccc(C(=O)O[C@@H](C)C(=O)NCc2ccc(Cl)cc2)c1. The molecule has 2 aromatic carbocycles. The van der Waals surface area contributed by atoms with E-state index >= 15 is 0 Å². The summed E-state index contributed by atoms with van der Waals surface area (Å²) in [6.07, 6.45) is -0.959. The number of hydrogen-bond donors (Lipinski definition) is 2. The van der Waals surface area contributed by atoms with Crippen molar-refractivity contribution >= 4 is 35.1 Å². The maximum atomic E-state index is 12.2. The fourth-order valence-electron chi connectivity index (χ4n) is 2.14. The second-order valence-electron chi connectivity index (χ2n) is 5.65. The molecule has 2 N–H and O–H groups in total. The number of carbonyl (C=O) groups excluding carboxylic acids is 3. The number of carbonyl (C=O) groups is 3. The lowest BCUT2D eigenvalue weighted by molar-refractivity contribution is -0.129. The van der Waals surface area contributed by atoms with Crippen LogP contribution in [-0.4, -0.2) is 23.9 Å². The van der Waals surface area contributed by atoms with Crippen LogP contribution in [-0.2, 0) is 20.9 Å². The van der Waals surface area contributed by atoms with Gasteiger partial charge in [0.15, 0.2) is 6.10 Å². The Kier molecular flexibility index (Phi) is 6.74. The second-order valence-corrected chi connectivity index (χ2v) is 6.09. The highest BCUT2D eigenvalue weighted by molar-refractivity contribution is 6.30. The minimum Gasteiger partial charge on any atom is -0.449 e. The number of amides is 2. The molecule has 7 heteroatoms. The summed E-state index contributed by atoms with van der Waals surface area (Å²) in [6, 6.07) is 13.4. The predicted molar refractivity (Wildman–Crippen MR) is 98.9 cm³/mol. The Bertz CT molecular complexity index is 805. The molecule has 2 amide bonds. The smallest absolute Gasteiger partial charge is 0.338 e. The van der Waals surface area contributed by atoms with Gasteiger partial charge in [0, 0.05) is 24.2 Å². The summed E-state index contributed by atoms with van der Waals surface area (Å²) in [5, 5.41) is 5.89. The maximum Gasteiger partial charge on any atom is 0.338 e. The van der Waals surface area contributed by atoms with E-state index in [1.54, 1.807) is 42.5 Å². The lowest BCUT2D eigenvalue weighted by Crippen LogP contribution is -2.35. The van der Waals surface area contributed by atoms with Gasteiger partial charge in [0.2, 0.25) is 5.91 Å². The van der Waals surface area contributed by atoms with Crippen LogP contribution in [0.4, 0.5) is 5.69 Å². The van der Waals surface area contributed by atoms with E-state index in [4.69, 9.17) is 16.3 Å². The molecule has 2 rings (SSSR count). The molecule has 1 atom stereocenters. The van der Waals surface area contributed by atoms with Crippen LogP contribution >= 0.6 is 11.6 Å². The lowest BCUT2D eigenvalue weighted by Gasteiger charge is -2.14. The molecule has 0 aromatic heterocycles. The largest absolute Gasteiger partial charge is 0.449 e. The molecule has 0 aliphatic rings. The Morgan fingerprint density at radius 1 is 1.12 bits per heavy atom. The molecule has 0 radical (unpaired) electrons. The molecule has 2 aromatic rings. The summed E-state index contributed by atoms with van der Waals surface area (Å²) in [7, 11) is 0. The van der Waals surface area contributed by atoms with E-state index in [-0.39, 0.29) is 11.5 Å². The van der Waals surface area contributed by atoms with Crippen molar-refractivity contribution in [1.29, 1.82) is 0 Å². The average molecular weight is 375 g/mol. The minimum atomic E-state index is -0.959. The Morgan fingerprint density at radius 3 is 2.46 bits per heavy atom. The molecule has 0 saturated heterocycles. The van der Waals surface area contributed by atoms with Crippen LogP contribution in [0.3, 0.4) is 0 Å². The van der Waals surface area contributed by atoms with Crippen molar-refractivity contribution in [2.75, 3.05) is 5.32 Å². The van der Waals surface area contributed by atoms with Crippen LogP contribution in [0.5, 0.6) is 0 Å². The summed E-state index contributed by atoms with van der Waals surface area (Å²) in [4.78, 5) is 35.4. The van der Waals surface area contributed by atoms with Gasteiger partial charge in [0.05, 0.1) is 5.56 Å². The van der Waals surface area contributed by atoms with Gasteiger partial charge in [-0.05, 0) is 42.8 Å². The number of ether oxygens (including phenoxy) is 1. The molecule has 0 fully saturated rings. The van der Waals surface area contributed by atoms with Crippen molar-refractivity contribution in [1.82, 2.24) is 5.32 Å². The van der Waals surface area contributed by atoms with Gasteiger partial charge in [-0.2, -0.15) is 0 Å². The summed E-state index contributed by atoms with van der Waals surface area (Å²) in [6.45, 7) is 3.17. The topological polar surface area (TPSA) is 84.5 Å². The lowest BCUT2D eigenvalue weighted by atomic mass is 10.2. The van der Waals surface area contributed by atoms with E-state index in [1.165, 1.54) is 19.9 Å². The molecule has 26 heavy (non-hydrogen) atoms. The van der Waals surface area contributed by atoms with Crippen molar-refractivity contribution in [2.45, 2.75) is 26.5 Å². The highest BCUT2D eigenvalue weighted by Gasteiger charge is 2.19. The van der Waals surface area contributed by atoms with E-state index in [0.717, 1.165) is 5.56 Å². The van der Waals surface area contributed by atoms with Crippen LogP contribution in [0.25, 0.3) is 0 Å². The number of rotatable bonds is 6. The molecule has 0 spiro atoms. The van der Waals surface area contributed by atoms with Crippen LogP contribution in [0.1, 0.15) is 29.8 Å². The van der Waals surface area contributed by atoms with Crippen LogP contribution < -0.4 is 10.6 Å². The second kappa shape index (κ2) is 9.01. The molecule has 0 aliphatic carbocycles. The van der Waals surface area contributed by atoms with Crippen molar-refractivity contribution in [3.63, 3.8) is 0 Å². The third-order valence-corrected chi connectivity index (χ3v) is 3.70. The Morgan fingerprint density at radius 2 is 1.81 bits per heavy atom. The van der Waals surface area contributed by atoms with E-state index in [0.29, 0.717) is 17.3 Å². The average Bonchev–Trinajstić information content (AvgIpc) is 2.60. The Balaban J connectivity index is 1.90. The number of esters is 1. The van der Waals surface area contributed by atoms with Gasteiger partial charge in [-0.3, -0.25) is 9.59 Å². The van der Waals surface area contributed by atoms with Crippen molar-refractivity contribution < 1.29 is 19.1 Å². The first-order valence-corrected chi connectivity index (χ1v) is 8.34. The first-order chi connectivity index (χ1) is 12.3. The van der Waals surface area contributed by atoms with E-state index < -0.39 is 18.0 Å². The fourth-order valence-corrected chi connectivity index (χ4v) is 2.27. The molecule has 0 saturated carbocycles. The van der Waals surface area contributed by atoms with Gasteiger partial charge in [-0.25, -0.2) is 4.79 Å². The summed E-state index contributed by atoms with van der Waals surface area (Å²) in [5.74, 6) is -1.30. The summed E-state index contributed by atoms with van der Waals surface area (Å²) < 4.78 is 5.18. The van der Waals surface area contributed by atoms with Gasteiger partial charge >= 0.3 is 5.97 Å². The summed E-state index contributed by atoms with van der Waals surface area (Å²) in [5.41, 5.74) is 1.60. The van der Waals surface area contributed by atoms with Crippen molar-refractivity contribution in [3.8, 4) is 0 Å². The number of anilines is 1. The molecule has 0 bridgehead atoms. The maximum absolute atomic E-state index is 12.2. The van der Waals surface area contributed by atoms with Crippen molar-refractivity contribution in [2.24, 2.45) is 0 Å². The number of halogens is 1. The van der Waals surface area contributed by atoms with Gasteiger partial charge in [-0.15, -0.1) is 0 Å². The van der Waals surface area contributed by atoms with Gasteiger partial charge < -0.3 is 15.4 Å². The van der Waals surface area contributed by atoms with E-state index in [9.17, 15) is 14.4 Å². The van der Waals surface area contributed by atoms with Gasteiger partial charge in [0.25, 0.3) is 5.91 Å². The number of benzene rings is 2. The normalized spacial score (nSPS) is 11.3. The standard InChI is InChI=1S/C19H19ClN2O4/c1-12(18(24)21-11-14-6-8-16(20)9-7-14)26-19(25)15-4-3-5-17(10-15)22-13(2)23/h3-10,12H,11H2,1-2H3,(H,21,24)(H,22,23)/t12-/m0/s1. The van der Waals surface area contributed by atoms with Gasteiger partial charge in [0.1, 0.15) is 0 Å². The highest BCUT2D eigenvalue weighted by atomic mass is 35.5. The minimum absolute atomic E-state index is 0.244. The Hall–Kier alpha value is -2.86. The fraction of sp³-hybridized carbons (Fsp3) is 0.211. The summed E-state index contributed by atoms with van der Waals surface area (Å²) >= 11 is 5.81. The molecular weight excluding hydrogens is 356 g/mol. The first-order valence-electron chi connectivity index (χ1n) is 7.96. The number of hydrogen-bond acceptors (Lipinski definition) is 4. The zero-order chi connectivity index (χ0) is 19.1. The number of nitrogens with one attached hydrogen (secondary N) is 2. The molecule has 6 nitrogen and oxygen atoms in total. The quantitative estimate of drug-likeness (QED) is 0.760. The van der Waals surface area contributed by atoms with E-state index in [2.05, 4.69) is 10.6 Å². The molecule has 136 valence electrons. The van der Waals surface area contributed by atoms with Crippen molar-refractivity contribution in [3.05, 3.63) is 64.7 Å². The highest BCUT2D eigenvalue weighted by Crippen LogP contribution is 2.13. The third kappa shape index (κ3) is 5.89. The Labute approximate surface area is 156 Å².